The zero-order valence-corrected chi connectivity index (χ0v) is 13.6. The molecule has 3 atom stereocenters. The van der Waals surface area contributed by atoms with Crippen LogP contribution in [-0.2, 0) is 11.0 Å². The lowest BCUT2D eigenvalue weighted by atomic mass is 10.0. The number of piperazine rings is 1. The van der Waals surface area contributed by atoms with Crippen LogP contribution in [0.15, 0.2) is 24.3 Å². The van der Waals surface area contributed by atoms with Gasteiger partial charge in [-0.2, -0.15) is 13.2 Å². The summed E-state index contributed by atoms with van der Waals surface area (Å²) in [5.41, 5.74) is -0.0189. The standard InChI is InChI=1S/C16H19F3N2O.ClH/c1-10-9-20-5-6-21(10)15(22)14-8-13(14)11-3-2-4-12(7-11)16(17,18)19;/h2-4,7,10,13-14,20H,5-6,8-9H2,1H3;1H/t10-,13?,14?;/m0./s1. The highest BCUT2D eigenvalue weighted by molar-refractivity contribution is 5.85. The zero-order valence-electron chi connectivity index (χ0n) is 12.8. The van der Waals surface area contributed by atoms with Gasteiger partial charge in [-0.15, -0.1) is 12.4 Å². The molecule has 1 aliphatic carbocycles. The molecule has 3 nitrogen and oxygen atoms in total. The molecule has 3 rings (SSSR count). The molecular weight excluding hydrogens is 329 g/mol. The van der Waals surface area contributed by atoms with Crippen LogP contribution >= 0.6 is 12.4 Å². The van der Waals surface area contributed by atoms with E-state index in [1.807, 2.05) is 11.8 Å². The molecule has 23 heavy (non-hydrogen) atoms. The van der Waals surface area contributed by atoms with Crippen molar-refractivity contribution in [2.75, 3.05) is 19.6 Å². The van der Waals surface area contributed by atoms with Crippen LogP contribution in [-0.4, -0.2) is 36.5 Å². The summed E-state index contributed by atoms with van der Waals surface area (Å²) < 4.78 is 38.3. The van der Waals surface area contributed by atoms with Crippen molar-refractivity contribution in [3.63, 3.8) is 0 Å². The molecule has 1 aliphatic heterocycles. The Kier molecular flexibility index (Phi) is 5.26. The first-order chi connectivity index (χ1) is 10.4. The number of carbonyl (C=O) groups excluding carboxylic acids is 1. The van der Waals surface area contributed by atoms with Crippen LogP contribution in [0.5, 0.6) is 0 Å². The van der Waals surface area contributed by atoms with E-state index in [-0.39, 0.29) is 36.2 Å². The van der Waals surface area contributed by atoms with Gasteiger partial charge in [-0.05, 0) is 30.9 Å². The predicted molar refractivity (Wildman–Crippen MR) is 83.6 cm³/mol. The number of halogens is 4. The van der Waals surface area contributed by atoms with E-state index in [2.05, 4.69) is 5.32 Å². The maximum absolute atomic E-state index is 12.8. The minimum atomic E-state index is -4.34. The van der Waals surface area contributed by atoms with Crippen molar-refractivity contribution in [2.45, 2.75) is 31.5 Å². The Labute approximate surface area is 139 Å². The summed E-state index contributed by atoms with van der Waals surface area (Å²) in [7, 11) is 0. The molecular formula is C16H20ClF3N2O. The Morgan fingerprint density at radius 2 is 2.09 bits per heavy atom. The third kappa shape index (κ3) is 3.80. The molecule has 2 unspecified atom stereocenters. The van der Waals surface area contributed by atoms with Crippen molar-refractivity contribution < 1.29 is 18.0 Å². The molecule has 2 fully saturated rings. The van der Waals surface area contributed by atoms with Crippen LogP contribution in [0, 0.1) is 5.92 Å². The first-order valence-corrected chi connectivity index (χ1v) is 7.56. The molecule has 0 radical (unpaired) electrons. The number of hydrogen-bond donors (Lipinski definition) is 1. The van der Waals surface area contributed by atoms with E-state index >= 15 is 0 Å². The van der Waals surface area contributed by atoms with Gasteiger partial charge in [0, 0.05) is 31.6 Å². The molecule has 128 valence electrons. The minimum Gasteiger partial charge on any atom is -0.337 e. The summed E-state index contributed by atoms with van der Waals surface area (Å²) >= 11 is 0. The average molecular weight is 349 g/mol. The van der Waals surface area contributed by atoms with Crippen molar-refractivity contribution in [2.24, 2.45) is 5.92 Å². The highest BCUT2D eigenvalue weighted by Gasteiger charge is 2.47. The molecule has 1 amide bonds. The maximum Gasteiger partial charge on any atom is 0.416 e. The van der Waals surface area contributed by atoms with E-state index in [1.54, 1.807) is 6.07 Å². The summed E-state index contributed by atoms with van der Waals surface area (Å²) in [4.78, 5) is 14.4. The van der Waals surface area contributed by atoms with Gasteiger partial charge < -0.3 is 10.2 Å². The molecule has 7 heteroatoms. The highest BCUT2D eigenvalue weighted by atomic mass is 35.5. The second kappa shape index (κ2) is 6.69. The first kappa shape index (κ1) is 18.1. The Bertz CT molecular complexity index is 579. The summed E-state index contributed by atoms with van der Waals surface area (Å²) in [6.45, 7) is 4.21. The van der Waals surface area contributed by atoms with E-state index in [1.165, 1.54) is 12.1 Å². The number of nitrogens with one attached hydrogen (secondary N) is 1. The molecule has 1 aromatic rings. The van der Waals surface area contributed by atoms with Gasteiger partial charge in [-0.3, -0.25) is 4.79 Å². The normalized spacial score (nSPS) is 27.3. The largest absolute Gasteiger partial charge is 0.416 e. The fourth-order valence-electron chi connectivity index (χ4n) is 3.16. The lowest BCUT2D eigenvalue weighted by Crippen LogP contribution is -2.52. The van der Waals surface area contributed by atoms with Gasteiger partial charge in [-0.1, -0.05) is 18.2 Å². The fraction of sp³-hybridized carbons (Fsp3) is 0.562. The molecule has 1 heterocycles. The van der Waals surface area contributed by atoms with E-state index < -0.39 is 11.7 Å². The number of amides is 1. The number of benzene rings is 1. The van der Waals surface area contributed by atoms with Crippen LogP contribution in [0.25, 0.3) is 0 Å². The Hall–Kier alpha value is -1.27. The summed E-state index contributed by atoms with van der Waals surface area (Å²) in [5, 5.41) is 3.23. The van der Waals surface area contributed by atoms with Gasteiger partial charge in [0.1, 0.15) is 0 Å². The SMILES string of the molecule is C[C@H]1CNCCN1C(=O)C1CC1c1cccc(C(F)(F)F)c1.Cl. The summed E-state index contributed by atoms with van der Waals surface area (Å²) in [6.07, 6.45) is -3.69. The number of rotatable bonds is 2. The number of alkyl halides is 3. The van der Waals surface area contributed by atoms with Crippen LogP contribution in [0.3, 0.4) is 0 Å². The van der Waals surface area contributed by atoms with Gasteiger partial charge in [0.2, 0.25) is 5.91 Å². The highest BCUT2D eigenvalue weighted by Crippen LogP contribution is 2.49. The lowest BCUT2D eigenvalue weighted by molar-refractivity contribution is -0.137. The Morgan fingerprint density at radius 3 is 2.74 bits per heavy atom. The number of carbonyl (C=O) groups is 1. The van der Waals surface area contributed by atoms with Gasteiger partial charge in [0.15, 0.2) is 0 Å². The van der Waals surface area contributed by atoms with Gasteiger partial charge in [0.05, 0.1) is 5.56 Å². The van der Waals surface area contributed by atoms with Crippen molar-refractivity contribution in [3.8, 4) is 0 Å². The van der Waals surface area contributed by atoms with Crippen molar-refractivity contribution in [1.82, 2.24) is 10.2 Å². The van der Waals surface area contributed by atoms with E-state index in [4.69, 9.17) is 0 Å². The summed E-state index contributed by atoms with van der Waals surface area (Å²) in [5.74, 6) is -0.155. The van der Waals surface area contributed by atoms with Gasteiger partial charge in [-0.25, -0.2) is 0 Å². The van der Waals surface area contributed by atoms with Crippen LogP contribution in [0.1, 0.15) is 30.4 Å². The molecule has 0 bridgehead atoms. The first-order valence-electron chi connectivity index (χ1n) is 7.56. The van der Waals surface area contributed by atoms with Crippen LogP contribution in [0.2, 0.25) is 0 Å². The molecule has 0 aromatic heterocycles. The smallest absolute Gasteiger partial charge is 0.337 e. The average Bonchev–Trinajstić information content (AvgIpc) is 3.27. The third-order valence-electron chi connectivity index (χ3n) is 4.53. The quantitative estimate of drug-likeness (QED) is 0.891. The monoisotopic (exact) mass is 348 g/mol. The topological polar surface area (TPSA) is 32.3 Å². The molecule has 0 spiro atoms. The summed E-state index contributed by atoms with van der Waals surface area (Å²) in [6, 6.07) is 5.50. The fourth-order valence-corrected chi connectivity index (χ4v) is 3.16. The van der Waals surface area contributed by atoms with E-state index in [9.17, 15) is 18.0 Å². The number of hydrogen-bond acceptors (Lipinski definition) is 2. The van der Waals surface area contributed by atoms with Gasteiger partial charge in [0.25, 0.3) is 0 Å². The van der Waals surface area contributed by atoms with E-state index in [0.717, 1.165) is 19.2 Å². The van der Waals surface area contributed by atoms with Crippen molar-refractivity contribution in [1.29, 1.82) is 0 Å². The minimum absolute atomic E-state index is 0. The van der Waals surface area contributed by atoms with Crippen molar-refractivity contribution >= 4 is 18.3 Å². The Balaban J connectivity index is 0.00000192. The maximum atomic E-state index is 12.8. The van der Waals surface area contributed by atoms with E-state index in [0.29, 0.717) is 18.5 Å². The second-order valence-corrected chi connectivity index (χ2v) is 6.16. The molecule has 1 saturated heterocycles. The van der Waals surface area contributed by atoms with Gasteiger partial charge >= 0.3 is 6.18 Å². The Morgan fingerprint density at radius 1 is 1.35 bits per heavy atom. The zero-order chi connectivity index (χ0) is 15.9. The molecule has 1 saturated carbocycles. The molecule has 1 aromatic carbocycles. The predicted octanol–water partition coefficient (Wildman–Crippen LogP) is 3.05. The lowest BCUT2D eigenvalue weighted by Gasteiger charge is -2.34. The third-order valence-corrected chi connectivity index (χ3v) is 4.53. The van der Waals surface area contributed by atoms with Crippen LogP contribution < -0.4 is 5.32 Å². The number of nitrogens with zero attached hydrogens (tertiary/aromatic N) is 1. The second-order valence-electron chi connectivity index (χ2n) is 6.16. The van der Waals surface area contributed by atoms with Crippen LogP contribution in [0.4, 0.5) is 13.2 Å². The molecule has 2 aliphatic rings. The molecule has 1 N–H and O–H groups in total. The van der Waals surface area contributed by atoms with Crippen molar-refractivity contribution in [3.05, 3.63) is 35.4 Å².